The molecule has 3 heteroatoms. The van der Waals surface area contributed by atoms with Gasteiger partial charge in [-0.3, -0.25) is 4.79 Å². The van der Waals surface area contributed by atoms with Gasteiger partial charge >= 0.3 is 0 Å². The van der Waals surface area contributed by atoms with E-state index in [0.717, 1.165) is 0 Å². The SMILES string of the molecule is NCCNC(=O)C1C2CCCCC21. The summed E-state index contributed by atoms with van der Waals surface area (Å²) >= 11 is 0. The van der Waals surface area contributed by atoms with Crippen LogP contribution in [0.25, 0.3) is 0 Å². The summed E-state index contributed by atoms with van der Waals surface area (Å²) in [5.74, 6) is 2.02. The zero-order valence-corrected chi connectivity index (χ0v) is 7.96. The van der Waals surface area contributed by atoms with Gasteiger partial charge in [-0.25, -0.2) is 0 Å². The van der Waals surface area contributed by atoms with Crippen LogP contribution >= 0.6 is 0 Å². The van der Waals surface area contributed by atoms with Gasteiger partial charge in [0, 0.05) is 19.0 Å². The van der Waals surface area contributed by atoms with Crippen molar-refractivity contribution in [3.63, 3.8) is 0 Å². The number of carbonyl (C=O) groups is 1. The van der Waals surface area contributed by atoms with Crippen molar-refractivity contribution < 1.29 is 4.79 Å². The normalized spacial score (nSPS) is 36.5. The highest BCUT2D eigenvalue weighted by atomic mass is 16.2. The first-order chi connectivity index (χ1) is 6.34. The fraction of sp³-hybridized carbons (Fsp3) is 0.900. The summed E-state index contributed by atoms with van der Waals surface area (Å²) in [5.41, 5.74) is 5.33. The van der Waals surface area contributed by atoms with Gasteiger partial charge in [0.05, 0.1) is 0 Å². The van der Waals surface area contributed by atoms with Crippen molar-refractivity contribution in [1.29, 1.82) is 0 Å². The van der Waals surface area contributed by atoms with Crippen LogP contribution in [0.15, 0.2) is 0 Å². The second kappa shape index (κ2) is 3.66. The third-order valence-electron chi connectivity index (χ3n) is 3.40. The van der Waals surface area contributed by atoms with Crippen molar-refractivity contribution in [2.24, 2.45) is 23.5 Å². The van der Waals surface area contributed by atoms with Crippen molar-refractivity contribution in [3.05, 3.63) is 0 Å². The Labute approximate surface area is 79.1 Å². The first kappa shape index (κ1) is 9.00. The number of fused-ring (bicyclic) bond motifs is 1. The molecule has 2 fully saturated rings. The van der Waals surface area contributed by atoms with Gasteiger partial charge in [-0.2, -0.15) is 0 Å². The fourth-order valence-electron chi connectivity index (χ4n) is 2.69. The highest BCUT2D eigenvalue weighted by Gasteiger charge is 2.54. The predicted molar refractivity (Wildman–Crippen MR) is 51.0 cm³/mol. The summed E-state index contributed by atoms with van der Waals surface area (Å²) in [4.78, 5) is 11.6. The average Bonchev–Trinajstić information content (AvgIpc) is 2.88. The van der Waals surface area contributed by atoms with Gasteiger partial charge in [0.15, 0.2) is 0 Å². The van der Waals surface area contributed by atoms with E-state index in [4.69, 9.17) is 5.73 Å². The highest BCUT2D eigenvalue weighted by molar-refractivity contribution is 5.82. The Morgan fingerprint density at radius 2 is 1.92 bits per heavy atom. The molecule has 0 heterocycles. The van der Waals surface area contributed by atoms with Crippen molar-refractivity contribution in [2.75, 3.05) is 13.1 Å². The van der Waals surface area contributed by atoms with Gasteiger partial charge < -0.3 is 11.1 Å². The first-order valence-corrected chi connectivity index (χ1v) is 5.32. The number of nitrogens with two attached hydrogens (primary N) is 1. The van der Waals surface area contributed by atoms with Crippen LogP contribution in [0.4, 0.5) is 0 Å². The second-order valence-corrected chi connectivity index (χ2v) is 4.22. The lowest BCUT2D eigenvalue weighted by atomic mass is 10.0. The highest BCUT2D eigenvalue weighted by Crippen LogP contribution is 2.55. The number of nitrogens with one attached hydrogen (secondary N) is 1. The van der Waals surface area contributed by atoms with E-state index in [0.29, 0.717) is 30.8 Å². The summed E-state index contributed by atoms with van der Waals surface area (Å²) in [6, 6.07) is 0. The molecule has 3 N–H and O–H groups in total. The maximum atomic E-state index is 11.6. The molecule has 0 aromatic carbocycles. The standard InChI is InChI=1S/C10H18N2O/c11-5-6-12-10(13)9-7-3-1-2-4-8(7)9/h7-9H,1-6,11H2,(H,12,13). The van der Waals surface area contributed by atoms with E-state index >= 15 is 0 Å². The minimum absolute atomic E-state index is 0.252. The Balaban J connectivity index is 1.79. The molecule has 2 unspecified atom stereocenters. The topological polar surface area (TPSA) is 55.1 Å². The van der Waals surface area contributed by atoms with Crippen LogP contribution in [0, 0.1) is 17.8 Å². The predicted octanol–water partition coefficient (Wildman–Crippen LogP) is 0.497. The van der Waals surface area contributed by atoms with Crippen LogP contribution in [0.3, 0.4) is 0 Å². The molecular formula is C10H18N2O. The molecule has 0 aromatic heterocycles. The van der Waals surface area contributed by atoms with E-state index in [1.165, 1.54) is 25.7 Å². The zero-order valence-electron chi connectivity index (χ0n) is 7.96. The molecule has 0 spiro atoms. The Morgan fingerprint density at radius 3 is 2.46 bits per heavy atom. The minimum Gasteiger partial charge on any atom is -0.355 e. The summed E-state index contributed by atoms with van der Waals surface area (Å²) in [6.45, 7) is 1.18. The average molecular weight is 182 g/mol. The van der Waals surface area contributed by atoms with E-state index < -0.39 is 0 Å². The summed E-state index contributed by atoms with van der Waals surface area (Å²) < 4.78 is 0. The molecule has 0 bridgehead atoms. The van der Waals surface area contributed by atoms with Crippen molar-refractivity contribution in [2.45, 2.75) is 25.7 Å². The second-order valence-electron chi connectivity index (χ2n) is 4.22. The molecule has 0 radical (unpaired) electrons. The quantitative estimate of drug-likeness (QED) is 0.667. The molecule has 2 saturated carbocycles. The van der Waals surface area contributed by atoms with Gasteiger partial charge in [-0.05, 0) is 24.7 Å². The molecule has 2 aliphatic carbocycles. The molecular weight excluding hydrogens is 164 g/mol. The van der Waals surface area contributed by atoms with Crippen molar-refractivity contribution in [3.8, 4) is 0 Å². The van der Waals surface area contributed by atoms with E-state index in [-0.39, 0.29) is 5.91 Å². The van der Waals surface area contributed by atoms with Gasteiger partial charge in [0.1, 0.15) is 0 Å². The molecule has 2 rings (SSSR count). The summed E-state index contributed by atoms with van der Waals surface area (Å²) in [7, 11) is 0. The number of amides is 1. The molecule has 0 saturated heterocycles. The lowest BCUT2D eigenvalue weighted by Crippen LogP contribution is -2.30. The van der Waals surface area contributed by atoms with E-state index in [1.54, 1.807) is 0 Å². The minimum atomic E-state index is 0.252. The molecule has 3 nitrogen and oxygen atoms in total. The molecule has 1 amide bonds. The Kier molecular flexibility index (Phi) is 2.54. The Bertz CT molecular complexity index is 193. The Morgan fingerprint density at radius 1 is 1.31 bits per heavy atom. The first-order valence-electron chi connectivity index (χ1n) is 5.32. The van der Waals surface area contributed by atoms with Crippen LogP contribution in [-0.2, 0) is 4.79 Å². The zero-order chi connectivity index (χ0) is 9.26. The number of rotatable bonds is 3. The van der Waals surface area contributed by atoms with Crippen molar-refractivity contribution in [1.82, 2.24) is 5.32 Å². The van der Waals surface area contributed by atoms with Crippen LogP contribution in [0.5, 0.6) is 0 Å². The monoisotopic (exact) mass is 182 g/mol. The van der Waals surface area contributed by atoms with Crippen molar-refractivity contribution >= 4 is 5.91 Å². The van der Waals surface area contributed by atoms with E-state index in [2.05, 4.69) is 5.32 Å². The van der Waals surface area contributed by atoms with Crippen LogP contribution in [0.2, 0.25) is 0 Å². The number of hydrogen-bond donors (Lipinski definition) is 2. The maximum Gasteiger partial charge on any atom is 0.223 e. The van der Waals surface area contributed by atoms with Gasteiger partial charge in [-0.1, -0.05) is 12.8 Å². The van der Waals surface area contributed by atoms with Gasteiger partial charge in [-0.15, -0.1) is 0 Å². The molecule has 0 aliphatic heterocycles. The third-order valence-corrected chi connectivity index (χ3v) is 3.40. The maximum absolute atomic E-state index is 11.6. The van der Waals surface area contributed by atoms with E-state index in [1.807, 2.05) is 0 Å². The Hall–Kier alpha value is -0.570. The van der Waals surface area contributed by atoms with Gasteiger partial charge in [0.25, 0.3) is 0 Å². The molecule has 2 aliphatic rings. The lowest BCUT2D eigenvalue weighted by Gasteiger charge is -2.04. The van der Waals surface area contributed by atoms with Crippen LogP contribution < -0.4 is 11.1 Å². The van der Waals surface area contributed by atoms with E-state index in [9.17, 15) is 4.79 Å². The number of carbonyl (C=O) groups excluding carboxylic acids is 1. The smallest absolute Gasteiger partial charge is 0.223 e. The molecule has 13 heavy (non-hydrogen) atoms. The summed E-state index contributed by atoms with van der Waals surface area (Å²) in [6.07, 6.45) is 5.18. The van der Waals surface area contributed by atoms with Gasteiger partial charge in [0.2, 0.25) is 5.91 Å². The number of hydrogen-bond acceptors (Lipinski definition) is 2. The third kappa shape index (κ3) is 1.70. The van der Waals surface area contributed by atoms with Crippen LogP contribution in [0.1, 0.15) is 25.7 Å². The lowest BCUT2D eigenvalue weighted by molar-refractivity contribution is -0.122. The molecule has 0 aromatic rings. The summed E-state index contributed by atoms with van der Waals surface area (Å²) in [5, 5.41) is 2.89. The molecule has 74 valence electrons. The van der Waals surface area contributed by atoms with Crippen LogP contribution in [-0.4, -0.2) is 19.0 Å². The fourth-order valence-corrected chi connectivity index (χ4v) is 2.69. The largest absolute Gasteiger partial charge is 0.355 e. The molecule has 2 atom stereocenters.